The van der Waals surface area contributed by atoms with E-state index in [1.54, 1.807) is 0 Å². The summed E-state index contributed by atoms with van der Waals surface area (Å²) in [7, 11) is 0. The summed E-state index contributed by atoms with van der Waals surface area (Å²) in [4.78, 5) is 11.5. The topological polar surface area (TPSA) is 38.3 Å². The van der Waals surface area contributed by atoms with Gasteiger partial charge in [0.25, 0.3) is 0 Å². The maximum absolute atomic E-state index is 11.5. The molecular weight excluding hydrogens is 226 g/mol. The van der Waals surface area contributed by atoms with Crippen LogP contribution < -0.4 is 5.32 Å². The van der Waals surface area contributed by atoms with Gasteiger partial charge in [0.15, 0.2) is 0 Å². The molecule has 1 aromatic carbocycles. The van der Waals surface area contributed by atoms with Gasteiger partial charge in [-0.3, -0.25) is 0 Å². The SMILES string of the molecule is CCCCc1ccc(N[C@@H](C)C(=O)OCC)cc1. The van der Waals surface area contributed by atoms with Crippen LogP contribution in [0.25, 0.3) is 0 Å². The highest BCUT2D eigenvalue weighted by atomic mass is 16.5. The molecule has 0 unspecified atom stereocenters. The van der Waals surface area contributed by atoms with Crippen LogP contribution in [0.5, 0.6) is 0 Å². The number of carbonyl (C=O) groups excluding carboxylic acids is 1. The van der Waals surface area contributed by atoms with Crippen molar-refractivity contribution in [3.63, 3.8) is 0 Å². The number of carbonyl (C=O) groups is 1. The Balaban J connectivity index is 2.50. The summed E-state index contributed by atoms with van der Waals surface area (Å²) in [5.41, 5.74) is 2.29. The molecule has 18 heavy (non-hydrogen) atoms. The van der Waals surface area contributed by atoms with E-state index in [2.05, 4.69) is 24.4 Å². The number of anilines is 1. The first-order valence-electron chi connectivity index (χ1n) is 6.69. The number of rotatable bonds is 7. The zero-order valence-corrected chi connectivity index (χ0v) is 11.5. The Morgan fingerprint density at radius 2 is 1.94 bits per heavy atom. The smallest absolute Gasteiger partial charge is 0.328 e. The van der Waals surface area contributed by atoms with Gasteiger partial charge in [-0.2, -0.15) is 0 Å². The molecule has 0 amide bonds. The van der Waals surface area contributed by atoms with E-state index >= 15 is 0 Å². The largest absolute Gasteiger partial charge is 0.464 e. The van der Waals surface area contributed by atoms with Crippen LogP contribution in [-0.2, 0) is 16.0 Å². The molecule has 0 spiro atoms. The van der Waals surface area contributed by atoms with Gasteiger partial charge in [0.05, 0.1) is 6.61 Å². The molecule has 0 aliphatic rings. The first kappa shape index (κ1) is 14.6. The number of benzene rings is 1. The van der Waals surface area contributed by atoms with E-state index in [4.69, 9.17) is 4.74 Å². The molecular formula is C15H23NO2. The van der Waals surface area contributed by atoms with Crippen LogP contribution in [0.1, 0.15) is 39.2 Å². The third kappa shape index (κ3) is 4.78. The zero-order valence-electron chi connectivity index (χ0n) is 11.5. The van der Waals surface area contributed by atoms with E-state index in [1.807, 2.05) is 26.0 Å². The van der Waals surface area contributed by atoms with Gasteiger partial charge in [-0.05, 0) is 44.4 Å². The Morgan fingerprint density at radius 1 is 1.28 bits per heavy atom. The number of aryl methyl sites for hydroxylation is 1. The van der Waals surface area contributed by atoms with E-state index in [0.717, 1.165) is 12.1 Å². The fourth-order valence-corrected chi connectivity index (χ4v) is 1.72. The minimum atomic E-state index is -0.313. The van der Waals surface area contributed by atoms with E-state index < -0.39 is 0 Å². The summed E-state index contributed by atoms with van der Waals surface area (Å²) in [5.74, 6) is -0.215. The average molecular weight is 249 g/mol. The standard InChI is InChI=1S/C15H23NO2/c1-4-6-7-13-8-10-14(11-9-13)16-12(3)15(17)18-5-2/h8-12,16H,4-7H2,1-3H3/t12-/m0/s1. The molecule has 0 aromatic heterocycles. The molecule has 0 heterocycles. The Hall–Kier alpha value is -1.51. The Kier molecular flexibility index (Phi) is 6.26. The number of hydrogen-bond acceptors (Lipinski definition) is 3. The van der Waals surface area contributed by atoms with Crippen molar-refractivity contribution in [1.29, 1.82) is 0 Å². The predicted octanol–water partition coefficient (Wildman–Crippen LogP) is 3.39. The van der Waals surface area contributed by atoms with Gasteiger partial charge in [-0.25, -0.2) is 4.79 Å². The summed E-state index contributed by atoms with van der Waals surface area (Å²) in [6.07, 6.45) is 3.54. The molecule has 1 rings (SSSR count). The lowest BCUT2D eigenvalue weighted by atomic mass is 10.1. The van der Waals surface area contributed by atoms with Crippen molar-refractivity contribution < 1.29 is 9.53 Å². The number of hydrogen-bond donors (Lipinski definition) is 1. The van der Waals surface area contributed by atoms with Gasteiger partial charge in [0.1, 0.15) is 6.04 Å². The predicted molar refractivity (Wildman–Crippen MR) is 74.8 cm³/mol. The summed E-state index contributed by atoms with van der Waals surface area (Å²) in [6, 6.07) is 7.93. The number of nitrogens with one attached hydrogen (secondary N) is 1. The minimum Gasteiger partial charge on any atom is -0.464 e. The number of ether oxygens (including phenoxy) is 1. The van der Waals surface area contributed by atoms with Crippen molar-refractivity contribution in [3.05, 3.63) is 29.8 Å². The third-order valence-corrected chi connectivity index (χ3v) is 2.80. The lowest BCUT2D eigenvalue weighted by molar-refractivity contribution is -0.143. The highest BCUT2D eigenvalue weighted by Crippen LogP contribution is 2.13. The van der Waals surface area contributed by atoms with Crippen LogP contribution in [0.15, 0.2) is 24.3 Å². The minimum absolute atomic E-state index is 0.215. The van der Waals surface area contributed by atoms with Crippen LogP contribution in [0.3, 0.4) is 0 Å². The molecule has 0 fully saturated rings. The van der Waals surface area contributed by atoms with Crippen LogP contribution in [0.4, 0.5) is 5.69 Å². The van der Waals surface area contributed by atoms with Crippen molar-refractivity contribution in [2.45, 2.75) is 46.1 Å². The molecule has 0 aliphatic carbocycles. The average Bonchev–Trinajstić information content (AvgIpc) is 2.38. The van der Waals surface area contributed by atoms with Crippen molar-refractivity contribution in [2.24, 2.45) is 0 Å². The van der Waals surface area contributed by atoms with E-state index in [1.165, 1.54) is 18.4 Å². The lowest BCUT2D eigenvalue weighted by Gasteiger charge is -2.14. The zero-order chi connectivity index (χ0) is 13.4. The second-order valence-electron chi connectivity index (χ2n) is 4.42. The quantitative estimate of drug-likeness (QED) is 0.753. The first-order chi connectivity index (χ1) is 8.67. The second kappa shape index (κ2) is 7.75. The van der Waals surface area contributed by atoms with Crippen LogP contribution in [0, 0.1) is 0 Å². The first-order valence-corrected chi connectivity index (χ1v) is 6.69. The number of esters is 1. The van der Waals surface area contributed by atoms with E-state index in [-0.39, 0.29) is 12.0 Å². The molecule has 0 radical (unpaired) electrons. The summed E-state index contributed by atoms with van der Waals surface area (Å²) < 4.78 is 4.95. The van der Waals surface area contributed by atoms with Crippen LogP contribution in [-0.4, -0.2) is 18.6 Å². The second-order valence-corrected chi connectivity index (χ2v) is 4.42. The molecule has 0 saturated heterocycles. The van der Waals surface area contributed by atoms with Crippen molar-refractivity contribution >= 4 is 11.7 Å². The van der Waals surface area contributed by atoms with Gasteiger partial charge < -0.3 is 10.1 Å². The molecule has 0 saturated carbocycles. The van der Waals surface area contributed by atoms with Gasteiger partial charge in [0.2, 0.25) is 0 Å². The summed E-state index contributed by atoms with van der Waals surface area (Å²) >= 11 is 0. The summed E-state index contributed by atoms with van der Waals surface area (Å²) in [6.45, 7) is 6.23. The molecule has 0 bridgehead atoms. The van der Waals surface area contributed by atoms with Crippen LogP contribution >= 0.6 is 0 Å². The molecule has 1 aromatic rings. The highest BCUT2D eigenvalue weighted by Gasteiger charge is 2.12. The molecule has 0 aliphatic heterocycles. The Labute approximate surface area is 110 Å². The Bertz CT molecular complexity index is 359. The van der Waals surface area contributed by atoms with Gasteiger partial charge in [-0.1, -0.05) is 25.5 Å². The van der Waals surface area contributed by atoms with Crippen molar-refractivity contribution in [3.8, 4) is 0 Å². The van der Waals surface area contributed by atoms with Gasteiger partial charge in [-0.15, -0.1) is 0 Å². The monoisotopic (exact) mass is 249 g/mol. The normalized spacial score (nSPS) is 11.9. The van der Waals surface area contributed by atoms with Crippen molar-refractivity contribution in [1.82, 2.24) is 0 Å². The lowest BCUT2D eigenvalue weighted by Crippen LogP contribution is -2.28. The molecule has 3 nitrogen and oxygen atoms in total. The summed E-state index contributed by atoms with van der Waals surface area (Å²) in [5, 5.41) is 3.14. The molecule has 1 atom stereocenters. The molecule has 3 heteroatoms. The Morgan fingerprint density at radius 3 is 2.50 bits per heavy atom. The van der Waals surface area contributed by atoms with Gasteiger partial charge >= 0.3 is 5.97 Å². The van der Waals surface area contributed by atoms with Crippen molar-refractivity contribution in [2.75, 3.05) is 11.9 Å². The van der Waals surface area contributed by atoms with E-state index in [9.17, 15) is 4.79 Å². The maximum atomic E-state index is 11.5. The molecule has 100 valence electrons. The van der Waals surface area contributed by atoms with E-state index in [0.29, 0.717) is 6.61 Å². The highest BCUT2D eigenvalue weighted by molar-refractivity contribution is 5.78. The van der Waals surface area contributed by atoms with Crippen LogP contribution in [0.2, 0.25) is 0 Å². The van der Waals surface area contributed by atoms with Gasteiger partial charge in [0, 0.05) is 5.69 Å². The third-order valence-electron chi connectivity index (χ3n) is 2.80. The number of unbranched alkanes of at least 4 members (excludes halogenated alkanes) is 1. The maximum Gasteiger partial charge on any atom is 0.328 e. The fourth-order valence-electron chi connectivity index (χ4n) is 1.72. The fraction of sp³-hybridized carbons (Fsp3) is 0.533. The molecule has 1 N–H and O–H groups in total.